The van der Waals surface area contributed by atoms with Crippen LogP contribution in [-0.2, 0) is 11.2 Å². The van der Waals surface area contributed by atoms with E-state index in [4.69, 9.17) is 6.57 Å². The van der Waals surface area contributed by atoms with Gasteiger partial charge in [0.1, 0.15) is 0 Å². The molecule has 6 nitrogen and oxygen atoms in total. The number of ketones is 1. The van der Waals surface area contributed by atoms with Crippen molar-refractivity contribution in [1.29, 1.82) is 0 Å². The van der Waals surface area contributed by atoms with Gasteiger partial charge in [-0.05, 0) is 56.6 Å². The van der Waals surface area contributed by atoms with Crippen molar-refractivity contribution in [1.82, 2.24) is 9.47 Å². The van der Waals surface area contributed by atoms with Crippen molar-refractivity contribution in [3.05, 3.63) is 70.7 Å². The first-order valence-corrected chi connectivity index (χ1v) is 10.6. The van der Waals surface area contributed by atoms with Gasteiger partial charge in [-0.2, -0.15) is 0 Å². The van der Waals surface area contributed by atoms with Crippen LogP contribution in [0, 0.1) is 13.5 Å². The van der Waals surface area contributed by atoms with Crippen LogP contribution in [0.1, 0.15) is 40.9 Å². The lowest BCUT2D eigenvalue weighted by Crippen LogP contribution is -2.34. The molecule has 0 unspecified atom stereocenters. The van der Waals surface area contributed by atoms with E-state index in [0.717, 1.165) is 48.2 Å². The van der Waals surface area contributed by atoms with Crippen molar-refractivity contribution < 1.29 is 14.7 Å². The Hall–Kier alpha value is -3.43. The summed E-state index contributed by atoms with van der Waals surface area (Å²) in [5.74, 6) is -0.802. The van der Waals surface area contributed by atoms with Crippen LogP contribution in [0.3, 0.4) is 0 Å². The SMILES string of the molecule is [C-]#[N+]c1ccc(-n2c(C)c(C(=O)CN3CCCCC3)c3ccc(CC(=O)O)cc32)cc1. The summed E-state index contributed by atoms with van der Waals surface area (Å²) in [4.78, 5) is 30.3. The van der Waals surface area contributed by atoms with Crippen molar-refractivity contribution in [2.75, 3.05) is 19.6 Å². The van der Waals surface area contributed by atoms with Crippen LogP contribution >= 0.6 is 0 Å². The summed E-state index contributed by atoms with van der Waals surface area (Å²) in [6.07, 6.45) is 3.39. The highest BCUT2D eigenvalue weighted by molar-refractivity contribution is 6.11. The predicted octanol–water partition coefficient (Wildman–Crippen LogP) is 4.79. The minimum Gasteiger partial charge on any atom is -0.481 e. The van der Waals surface area contributed by atoms with Gasteiger partial charge in [0, 0.05) is 22.3 Å². The molecule has 1 N–H and O–H groups in total. The highest BCUT2D eigenvalue weighted by Crippen LogP contribution is 2.31. The molecule has 0 aliphatic carbocycles. The van der Waals surface area contributed by atoms with Crippen molar-refractivity contribution in [3.63, 3.8) is 0 Å². The number of fused-ring (bicyclic) bond motifs is 1. The van der Waals surface area contributed by atoms with Crippen molar-refractivity contribution in [2.24, 2.45) is 0 Å². The monoisotopic (exact) mass is 415 g/mol. The number of rotatable bonds is 6. The number of aromatic nitrogens is 1. The maximum Gasteiger partial charge on any atom is 0.307 e. The zero-order chi connectivity index (χ0) is 22.0. The van der Waals surface area contributed by atoms with Crippen LogP contribution in [0.2, 0.25) is 0 Å². The molecule has 1 fully saturated rings. The second-order valence-corrected chi connectivity index (χ2v) is 8.11. The number of benzene rings is 2. The van der Waals surface area contributed by atoms with Gasteiger partial charge < -0.3 is 9.67 Å². The third-order valence-electron chi connectivity index (χ3n) is 5.96. The van der Waals surface area contributed by atoms with E-state index in [1.54, 1.807) is 18.2 Å². The van der Waals surface area contributed by atoms with Gasteiger partial charge in [0.2, 0.25) is 0 Å². The van der Waals surface area contributed by atoms with E-state index in [1.165, 1.54) is 6.42 Å². The van der Waals surface area contributed by atoms with Crippen LogP contribution in [0.4, 0.5) is 5.69 Å². The van der Waals surface area contributed by atoms with Gasteiger partial charge in [0.15, 0.2) is 11.5 Å². The third-order valence-corrected chi connectivity index (χ3v) is 5.96. The number of carboxylic acids is 1. The van der Waals surface area contributed by atoms with Gasteiger partial charge in [0.25, 0.3) is 0 Å². The molecule has 1 aliphatic heterocycles. The molecule has 158 valence electrons. The summed E-state index contributed by atoms with van der Waals surface area (Å²) in [6, 6.07) is 12.8. The second kappa shape index (κ2) is 8.75. The van der Waals surface area contributed by atoms with Crippen molar-refractivity contribution >= 4 is 28.3 Å². The zero-order valence-corrected chi connectivity index (χ0v) is 17.6. The first kappa shape index (κ1) is 20.8. The molecule has 0 spiro atoms. The van der Waals surface area contributed by atoms with Gasteiger partial charge in [-0.1, -0.05) is 30.7 Å². The Labute approximate surface area is 181 Å². The van der Waals surface area contributed by atoms with Crippen LogP contribution in [0.15, 0.2) is 42.5 Å². The fraction of sp³-hybridized carbons (Fsp3) is 0.320. The van der Waals surface area contributed by atoms with Gasteiger partial charge in [-0.3, -0.25) is 14.5 Å². The molecule has 2 heterocycles. The Balaban J connectivity index is 1.83. The average molecular weight is 415 g/mol. The Kier molecular flexibility index (Phi) is 5.88. The number of carboxylic acid groups (broad SMARTS) is 1. The number of carbonyl (C=O) groups is 2. The molecule has 3 aromatic rings. The molecule has 1 aliphatic rings. The smallest absolute Gasteiger partial charge is 0.307 e. The second-order valence-electron chi connectivity index (χ2n) is 8.11. The molecular formula is C25H25N3O3. The highest BCUT2D eigenvalue weighted by Gasteiger charge is 2.23. The minimum absolute atomic E-state index is 0.0755. The fourth-order valence-corrected chi connectivity index (χ4v) is 4.51. The number of likely N-dealkylation sites (tertiary alicyclic amines) is 1. The van der Waals surface area contributed by atoms with E-state index >= 15 is 0 Å². The van der Waals surface area contributed by atoms with E-state index in [2.05, 4.69) is 9.74 Å². The Bertz CT molecular complexity index is 1180. The number of hydrogen-bond donors (Lipinski definition) is 1. The Morgan fingerprint density at radius 2 is 1.77 bits per heavy atom. The molecule has 2 aromatic carbocycles. The predicted molar refractivity (Wildman–Crippen MR) is 120 cm³/mol. The van der Waals surface area contributed by atoms with E-state index in [0.29, 0.717) is 23.4 Å². The standard InChI is InChI=1S/C25H25N3O3/c1-17-25(23(29)16-27-12-4-3-5-13-27)21-11-6-18(15-24(30)31)14-22(21)28(17)20-9-7-19(26-2)8-10-20/h6-11,14H,3-5,12-13,15-16H2,1H3,(H,30,31). The van der Waals surface area contributed by atoms with E-state index in [1.807, 2.05) is 35.8 Å². The number of piperidine rings is 1. The van der Waals surface area contributed by atoms with Gasteiger partial charge in [-0.15, -0.1) is 0 Å². The zero-order valence-electron chi connectivity index (χ0n) is 17.6. The van der Waals surface area contributed by atoms with Gasteiger partial charge >= 0.3 is 5.97 Å². The Morgan fingerprint density at radius 1 is 1.06 bits per heavy atom. The molecule has 31 heavy (non-hydrogen) atoms. The van der Waals surface area contributed by atoms with Crippen molar-refractivity contribution in [3.8, 4) is 5.69 Å². The summed E-state index contributed by atoms with van der Waals surface area (Å²) in [5, 5.41) is 10.1. The number of carbonyl (C=O) groups excluding carboxylic acids is 1. The maximum absolute atomic E-state index is 13.4. The summed E-state index contributed by atoms with van der Waals surface area (Å²) in [7, 11) is 0. The maximum atomic E-state index is 13.4. The molecule has 0 saturated carbocycles. The van der Waals surface area contributed by atoms with Crippen molar-refractivity contribution in [2.45, 2.75) is 32.6 Å². The molecule has 0 amide bonds. The molecule has 1 saturated heterocycles. The van der Waals surface area contributed by atoms with E-state index < -0.39 is 5.97 Å². The normalized spacial score (nSPS) is 14.5. The third kappa shape index (κ3) is 4.23. The molecule has 0 atom stereocenters. The quantitative estimate of drug-likeness (QED) is 0.465. The molecule has 6 heteroatoms. The largest absolute Gasteiger partial charge is 0.481 e. The van der Waals surface area contributed by atoms with E-state index in [-0.39, 0.29) is 12.2 Å². The lowest BCUT2D eigenvalue weighted by molar-refractivity contribution is -0.136. The van der Waals surface area contributed by atoms with Gasteiger partial charge in [-0.25, -0.2) is 4.85 Å². The van der Waals surface area contributed by atoms with Crippen LogP contribution in [-0.4, -0.2) is 46.0 Å². The van der Waals surface area contributed by atoms with Crippen LogP contribution in [0.25, 0.3) is 21.4 Å². The van der Waals surface area contributed by atoms with Gasteiger partial charge in [0.05, 0.1) is 25.1 Å². The van der Waals surface area contributed by atoms with Crippen LogP contribution < -0.4 is 0 Å². The number of hydrogen-bond acceptors (Lipinski definition) is 3. The topological polar surface area (TPSA) is 66.9 Å². The molecular weight excluding hydrogens is 390 g/mol. The summed E-state index contributed by atoms with van der Waals surface area (Å²) in [5.41, 5.74) is 4.42. The minimum atomic E-state index is -0.892. The Morgan fingerprint density at radius 3 is 2.42 bits per heavy atom. The first-order valence-electron chi connectivity index (χ1n) is 10.6. The number of Topliss-reactive ketones (excluding diaryl/α,β-unsaturated/α-hetero) is 1. The lowest BCUT2D eigenvalue weighted by Gasteiger charge is -2.25. The summed E-state index contributed by atoms with van der Waals surface area (Å²) < 4.78 is 2.00. The first-order chi connectivity index (χ1) is 15.0. The molecule has 4 rings (SSSR count). The average Bonchev–Trinajstić information content (AvgIpc) is 3.05. The van der Waals surface area contributed by atoms with Crippen LogP contribution in [0.5, 0.6) is 0 Å². The summed E-state index contributed by atoms with van der Waals surface area (Å²) >= 11 is 0. The molecule has 0 radical (unpaired) electrons. The number of aliphatic carboxylic acids is 1. The molecule has 0 bridgehead atoms. The highest BCUT2D eigenvalue weighted by atomic mass is 16.4. The fourth-order valence-electron chi connectivity index (χ4n) is 4.51. The summed E-state index contributed by atoms with van der Waals surface area (Å²) in [6.45, 7) is 11.4. The molecule has 1 aromatic heterocycles. The van der Waals surface area contributed by atoms with E-state index in [9.17, 15) is 14.7 Å². The number of nitrogens with zero attached hydrogens (tertiary/aromatic N) is 3. The lowest BCUT2D eigenvalue weighted by atomic mass is 10.0.